The Labute approximate surface area is 133 Å². The van der Waals surface area contributed by atoms with E-state index >= 15 is 0 Å². The van der Waals surface area contributed by atoms with Crippen LogP contribution >= 0.6 is 50.5 Å². The number of hydrogen-bond donors (Lipinski definition) is 1. The zero-order valence-electron chi connectivity index (χ0n) is 10.1. The zero-order chi connectivity index (χ0) is 14.2. The highest BCUT2D eigenvalue weighted by Crippen LogP contribution is 2.29. The van der Waals surface area contributed by atoms with Gasteiger partial charge >= 0.3 is 0 Å². The van der Waals surface area contributed by atoms with Crippen molar-refractivity contribution >= 4 is 62.2 Å². The van der Waals surface area contributed by atoms with Crippen LogP contribution in [0.15, 0.2) is 15.9 Å². The minimum atomic E-state index is -0.241. The maximum Gasteiger partial charge on any atom is 0.266 e. The lowest BCUT2D eigenvalue weighted by Crippen LogP contribution is -2.12. The van der Waals surface area contributed by atoms with Crippen molar-refractivity contribution in [2.75, 3.05) is 5.32 Å². The normalized spacial score (nSPS) is 10.6. The first-order chi connectivity index (χ1) is 8.88. The standard InChI is InChI=1S/C12H9BrCl2N2OS/c1-5-3-9(19-10(5)13)12(18)17-11-8(15)4-7(14)6(2)16-11/h3-4H,1-2H3,(H,16,17,18). The first kappa shape index (κ1) is 14.8. The van der Waals surface area contributed by atoms with Crippen LogP contribution < -0.4 is 5.32 Å². The van der Waals surface area contributed by atoms with Gasteiger partial charge in [-0.25, -0.2) is 4.98 Å². The second kappa shape index (κ2) is 5.79. The van der Waals surface area contributed by atoms with E-state index in [1.54, 1.807) is 19.1 Å². The number of anilines is 1. The van der Waals surface area contributed by atoms with E-state index in [4.69, 9.17) is 23.2 Å². The number of aryl methyl sites for hydroxylation is 2. The average Bonchev–Trinajstić information content (AvgIpc) is 2.67. The number of pyridine rings is 1. The van der Waals surface area contributed by atoms with Crippen LogP contribution in [0.1, 0.15) is 20.9 Å². The molecular weight excluding hydrogens is 371 g/mol. The van der Waals surface area contributed by atoms with Crippen LogP contribution in [0.2, 0.25) is 10.0 Å². The van der Waals surface area contributed by atoms with E-state index in [1.807, 2.05) is 6.92 Å². The molecule has 0 radical (unpaired) electrons. The molecule has 2 rings (SSSR count). The topological polar surface area (TPSA) is 42.0 Å². The highest BCUT2D eigenvalue weighted by atomic mass is 79.9. The van der Waals surface area contributed by atoms with Crippen LogP contribution in [0.5, 0.6) is 0 Å². The van der Waals surface area contributed by atoms with E-state index in [1.165, 1.54) is 11.3 Å². The summed E-state index contributed by atoms with van der Waals surface area (Å²) in [4.78, 5) is 16.8. The molecule has 0 unspecified atom stereocenters. The monoisotopic (exact) mass is 378 g/mol. The Bertz CT molecular complexity index is 638. The summed E-state index contributed by atoms with van der Waals surface area (Å²) >= 11 is 16.6. The Morgan fingerprint density at radius 1 is 1.32 bits per heavy atom. The smallest absolute Gasteiger partial charge is 0.266 e. The third-order valence-electron chi connectivity index (χ3n) is 2.42. The van der Waals surface area contributed by atoms with Gasteiger partial charge < -0.3 is 5.32 Å². The number of rotatable bonds is 2. The molecule has 7 heteroatoms. The number of hydrogen-bond acceptors (Lipinski definition) is 3. The van der Waals surface area contributed by atoms with Gasteiger partial charge in [-0.1, -0.05) is 23.2 Å². The Hall–Kier alpha value is -0.620. The fourth-order valence-corrected chi connectivity index (χ4v) is 3.22. The highest BCUT2D eigenvalue weighted by molar-refractivity contribution is 9.11. The molecule has 0 aliphatic carbocycles. The van der Waals surface area contributed by atoms with E-state index in [0.29, 0.717) is 26.4 Å². The van der Waals surface area contributed by atoms with E-state index in [9.17, 15) is 4.79 Å². The molecule has 0 saturated heterocycles. The molecule has 1 amide bonds. The predicted molar refractivity (Wildman–Crippen MR) is 83.7 cm³/mol. The highest BCUT2D eigenvalue weighted by Gasteiger charge is 2.14. The first-order valence-corrected chi connectivity index (χ1v) is 7.65. The second-order valence-corrected chi connectivity index (χ2v) is 7.09. The lowest BCUT2D eigenvalue weighted by Gasteiger charge is -2.07. The number of amides is 1. The van der Waals surface area contributed by atoms with Crippen molar-refractivity contribution in [3.8, 4) is 0 Å². The van der Waals surface area contributed by atoms with Gasteiger partial charge in [-0.15, -0.1) is 11.3 Å². The molecule has 2 aromatic heterocycles. The summed E-state index contributed by atoms with van der Waals surface area (Å²) in [6, 6.07) is 3.37. The minimum Gasteiger partial charge on any atom is -0.305 e. The molecule has 2 heterocycles. The molecule has 100 valence electrons. The van der Waals surface area contributed by atoms with Crippen LogP contribution in [0.4, 0.5) is 5.82 Å². The van der Waals surface area contributed by atoms with Crippen molar-refractivity contribution in [1.29, 1.82) is 0 Å². The molecule has 0 aliphatic heterocycles. The summed E-state index contributed by atoms with van der Waals surface area (Å²) in [5.74, 6) is 0.0747. The Morgan fingerprint density at radius 3 is 2.58 bits per heavy atom. The quantitative estimate of drug-likeness (QED) is 0.790. The molecular formula is C12H9BrCl2N2OS. The largest absolute Gasteiger partial charge is 0.305 e. The first-order valence-electron chi connectivity index (χ1n) is 5.28. The van der Waals surface area contributed by atoms with Crippen molar-refractivity contribution in [1.82, 2.24) is 4.98 Å². The molecule has 0 atom stereocenters. The van der Waals surface area contributed by atoms with Crippen LogP contribution in [0.25, 0.3) is 0 Å². The maximum atomic E-state index is 12.1. The third-order valence-corrected chi connectivity index (χ3v) is 5.22. The Balaban J connectivity index is 2.26. The summed E-state index contributed by atoms with van der Waals surface area (Å²) in [7, 11) is 0. The van der Waals surface area contributed by atoms with Gasteiger partial charge in [0.1, 0.15) is 0 Å². The zero-order valence-corrected chi connectivity index (χ0v) is 14.0. The van der Waals surface area contributed by atoms with Crippen LogP contribution in [-0.4, -0.2) is 10.9 Å². The number of carbonyl (C=O) groups excluding carboxylic acids is 1. The summed E-state index contributed by atoms with van der Waals surface area (Å²) in [6.45, 7) is 3.68. The molecule has 0 saturated carbocycles. The molecule has 0 spiro atoms. The van der Waals surface area contributed by atoms with Crippen LogP contribution in [0, 0.1) is 13.8 Å². The molecule has 0 aromatic carbocycles. The fourth-order valence-electron chi connectivity index (χ4n) is 1.39. The Kier molecular flexibility index (Phi) is 4.50. The van der Waals surface area contributed by atoms with Gasteiger partial charge in [-0.2, -0.15) is 0 Å². The number of nitrogens with one attached hydrogen (secondary N) is 1. The van der Waals surface area contributed by atoms with Crippen LogP contribution in [0.3, 0.4) is 0 Å². The van der Waals surface area contributed by atoms with Crippen LogP contribution in [-0.2, 0) is 0 Å². The second-order valence-electron chi connectivity index (χ2n) is 3.91. The van der Waals surface area contributed by atoms with Gasteiger partial charge in [0, 0.05) is 0 Å². The van der Waals surface area contributed by atoms with Gasteiger partial charge in [0.2, 0.25) is 0 Å². The molecule has 3 nitrogen and oxygen atoms in total. The van der Waals surface area contributed by atoms with Crippen molar-refractivity contribution in [3.05, 3.63) is 42.1 Å². The van der Waals surface area contributed by atoms with Gasteiger partial charge in [0.15, 0.2) is 5.82 Å². The van der Waals surface area contributed by atoms with Gasteiger partial charge in [0.05, 0.1) is 24.4 Å². The summed E-state index contributed by atoms with van der Waals surface area (Å²) in [5.41, 5.74) is 1.63. The number of carbonyl (C=O) groups is 1. The summed E-state index contributed by atoms with van der Waals surface area (Å²) < 4.78 is 0.934. The van der Waals surface area contributed by atoms with Gasteiger partial charge in [0.25, 0.3) is 5.91 Å². The van der Waals surface area contributed by atoms with Crippen molar-refractivity contribution in [2.45, 2.75) is 13.8 Å². The molecule has 2 aromatic rings. The molecule has 19 heavy (non-hydrogen) atoms. The predicted octanol–water partition coefficient (Wildman–Crippen LogP) is 5.08. The third kappa shape index (κ3) is 3.28. The average molecular weight is 380 g/mol. The lowest BCUT2D eigenvalue weighted by molar-refractivity contribution is 0.103. The molecule has 0 aliphatic rings. The lowest BCUT2D eigenvalue weighted by atomic mass is 10.3. The number of nitrogens with zero attached hydrogens (tertiary/aromatic N) is 1. The van der Waals surface area contributed by atoms with E-state index in [-0.39, 0.29) is 5.91 Å². The van der Waals surface area contributed by atoms with E-state index in [0.717, 1.165) is 9.35 Å². The number of aromatic nitrogens is 1. The summed E-state index contributed by atoms with van der Waals surface area (Å²) in [6.07, 6.45) is 0. The molecule has 0 fully saturated rings. The van der Waals surface area contributed by atoms with Crippen molar-refractivity contribution in [3.63, 3.8) is 0 Å². The number of halogens is 3. The van der Waals surface area contributed by atoms with Crippen molar-refractivity contribution in [2.24, 2.45) is 0 Å². The van der Waals surface area contributed by atoms with E-state index < -0.39 is 0 Å². The number of thiophene rings is 1. The van der Waals surface area contributed by atoms with Gasteiger partial charge in [-0.05, 0) is 47.5 Å². The van der Waals surface area contributed by atoms with Crippen molar-refractivity contribution < 1.29 is 4.79 Å². The maximum absolute atomic E-state index is 12.1. The fraction of sp³-hybridized carbons (Fsp3) is 0.167. The summed E-state index contributed by atoms with van der Waals surface area (Å²) in [5, 5.41) is 3.47. The minimum absolute atomic E-state index is 0.241. The van der Waals surface area contributed by atoms with Gasteiger partial charge in [-0.3, -0.25) is 4.79 Å². The SMILES string of the molecule is Cc1cc(C(=O)Nc2nc(C)c(Cl)cc2Cl)sc1Br. The molecule has 1 N–H and O–H groups in total. The Morgan fingerprint density at radius 2 is 2.00 bits per heavy atom. The molecule has 0 bridgehead atoms. The van der Waals surface area contributed by atoms with E-state index in [2.05, 4.69) is 26.2 Å².